The van der Waals surface area contributed by atoms with Crippen LogP contribution in [0.5, 0.6) is 0 Å². The summed E-state index contributed by atoms with van der Waals surface area (Å²) in [7, 11) is -1.26. The fourth-order valence-corrected chi connectivity index (χ4v) is 1.02. The van der Waals surface area contributed by atoms with Crippen LogP contribution in [0.25, 0.3) is 0 Å². The lowest BCUT2D eigenvalue weighted by Gasteiger charge is -2.07. The third-order valence-corrected chi connectivity index (χ3v) is 1.75. The molecule has 2 N–H and O–H groups in total. The Balaban J connectivity index is 2.51. The zero-order valence-electron chi connectivity index (χ0n) is 7.69. The minimum Gasteiger partial charge on any atom is -0.423 e. The summed E-state index contributed by atoms with van der Waals surface area (Å²) < 4.78 is 18.0. The van der Waals surface area contributed by atoms with Crippen molar-refractivity contribution in [1.82, 2.24) is 0 Å². The van der Waals surface area contributed by atoms with Crippen molar-refractivity contribution < 1.29 is 19.2 Å². The maximum absolute atomic E-state index is 13.1. The maximum Gasteiger partial charge on any atom is 0.494 e. The van der Waals surface area contributed by atoms with Gasteiger partial charge in [-0.05, 0) is 12.5 Å². The number of hydrogen-bond donors (Lipinski definition) is 2. The van der Waals surface area contributed by atoms with Gasteiger partial charge in [0, 0.05) is 18.7 Å². The zero-order valence-corrected chi connectivity index (χ0v) is 7.69. The molecule has 0 saturated heterocycles. The number of halogens is 1. The Bertz CT molecular complexity index is 283. The molecule has 0 aromatic heterocycles. The molecular weight excluding hydrogens is 186 g/mol. The van der Waals surface area contributed by atoms with Crippen LogP contribution in [0.1, 0.15) is 6.42 Å². The molecule has 3 nitrogen and oxygen atoms in total. The van der Waals surface area contributed by atoms with Crippen molar-refractivity contribution in [2.75, 3.05) is 13.2 Å². The van der Waals surface area contributed by atoms with Crippen LogP contribution >= 0.6 is 0 Å². The van der Waals surface area contributed by atoms with Gasteiger partial charge >= 0.3 is 7.12 Å². The standard InChI is InChI=1S/C9H12BFO3/c11-9-5-2-1-4-8(9)10(13)14-7-3-6-12/h1-2,4-5,12-13H,3,6-7H2. The van der Waals surface area contributed by atoms with Gasteiger partial charge in [0.25, 0.3) is 0 Å². The molecule has 0 unspecified atom stereocenters. The molecule has 0 amide bonds. The van der Waals surface area contributed by atoms with E-state index in [1.807, 2.05) is 0 Å². The first-order valence-corrected chi connectivity index (χ1v) is 4.40. The quantitative estimate of drug-likeness (QED) is 0.513. The highest BCUT2D eigenvalue weighted by Crippen LogP contribution is 1.96. The molecule has 76 valence electrons. The van der Waals surface area contributed by atoms with Crippen LogP contribution in [0.4, 0.5) is 4.39 Å². The molecule has 0 bridgehead atoms. The van der Waals surface area contributed by atoms with Crippen molar-refractivity contribution in [1.29, 1.82) is 0 Å². The summed E-state index contributed by atoms with van der Waals surface area (Å²) in [6.45, 7) is 0.190. The molecule has 0 heterocycles. The highest BCUT2D eigenvalue weighted by Gasteiger charge is 2.19. The molecule has 0 aliphatic heterocycles. The molecule has 0 aliphatic carbocycles. The van der Waals surface area contributed by atoms with Gasteiger partial charge in [0.2, 0.25) is 0 Å². The van der Waals surface area contributed by atoms with Gasteiger partial charge in [-0.2, -0.15) is 0 Å². The summed E-state index contributed by atoms with van der Waals surface area (Å²) in [5, 5.41) is 17.9. The Labute approximate surface area is 82.3 Å². The maximum atomic E-state index is 13.1. The lowest BCUT2D eigenvalue weighted by Crippen LogP contribution is -2.36. The molecule has 1 rings (SSSR count). The van der Waals surface area contributed by atoms with E-state index in [-0.39, 0.29) is 18.7 Å². The van der Waals surface area contributed by atoms with Crippen molar-refractivity contribution >= 4 is 12.6 Å². The lowest BCUT2D eigenvalue weighted by atomic mass is 9.79. The van der Waals surface area contributed by atoms with Gasteiger partial charge in [-0.25, -0.2) is 4.39 Å². The number of hydrogen-bond acceptors (Lipinski definition) is 3. The van der Waals surface area contributed by atoms with E-state index in [9.17, 15) is 9.41 Å². The largest absolute Gasteiger partial charge is 0.494 e. The molecule has 0 atom stereocenters. The van der Waals surface area contributed by atoms with E-state index in [1.54, 1.807) is 12.1 Å². The summed E-state index contributed by atoms with van der Waals surface area (Å²) in [4.78, 5) is 0. The topological polar surface area (TPSA) is 49.7 Å². The Kier molecular flexibility index (Phi) is 4.59. The summed E-state index contributed by atoms with van der Waals surface area (Å²) in [5.74, 6) is -0.496. The number of aliphatic hydroxyl groups excluding tert-OH is 1. The molecule has 0 radical (unpaired) electrons. The van der Waals surface area contributed by atoms with Crippen molar-refractivity contribution in [2.24, 2.45) is 0 Å². The molecule has 0 saturated carbocycles. The Morgan fingerprint density at radius 2 is 2.07 bits per heavy atom. The summed E-state index contributed by atoms with van der Waals surface area (Å²) in [6.07, 6.45) is 0.422. The normalized spacial score (nSPS) is 10.2. The zero-order chi connectivity index (χ0) is 10.4. The first kappa shape index (κ1) is 11.2. The van der Waals surface area contributed by atoms with Crippen LogP contribution < -0.4 is 5.46 Å². The van der Waals surface area contributed by atoms with Gasteiger partial charge in [-0.15, -0.1) is 0 Å². The van der Waals surface area contributed by atoms with E-state index in [0.717, 1.165) is 0 Å². The van der Waals surface area contributed by atoms with E-state index < -0.39 is 12.9 Å². The molecule has 1 aromatic carbocycles. The monoisotopic (exact) mass is 198 g/mol. The van der Waals surface area contributed by atoms with Crippen LogP contribution in [0, 0.1) is 5.82 Å². The fraction of sp³-hybridized carbons (Fsp3) is 0.333. The average molecular weight is 198 g/mol. The summed E-state index contributed by atoms with van der Waals surface area (Å²) in [6, 6.07) is 5.88. The van der Waals surface area contributed by atoms with Gasteiger partial charge in [0.15, 0.2) is 0 Å². The smallest absolute Gasteiger partial charge is 0.423 e. The van der Waals surface area contributed by atoms with Crippen LogP contribution in [0.3, 0.4) is 0 Å². The molecule has 0 aliphatic rings. The van der Waals surface area contributed by atoms with Gasteiger partial charge in [-0.1, -0.05) is 18.2 Å². The summed E-state index contributed by atoms with van der Waals surface area (Å²) in [5.41, 5.74) is 0.116. The van der Waals surface area contributed by atoms with Crippen LogP contribution in [-0.2, 0) is 4.65 Å². The van der Waals surface area contributed by atoms with Crippen molar-refractivity contribution in [2.45, 2.75) is 6.42 Å². The van der Waals surface area contributed by atoms with E-state index >= 15 is 0 Å². The first-order chi connectivity index (χ1) is 6.75. The SMILES string of the molecule is OCCCOB(O)c1ccccc1F. The molecule has 0 spiro atoms. The number of benzene rings is 1. The predicted molar refractivity (Wildman–Crippen MR) is 51.7 cm³/mol. The number of aliphatic hydroxyl groups is 1. The van der Waals surface area contributed by atoms with Gasteiger partial charge < -0.3 is 14.8 Å². The van der Waals surface area contributed by atoms with E-state index in [0.29, 0.717) is 6.42 Å². The van der Waals surface area contributed by atoms with Gasteiger partial charge in [0.1, 0.15) is 5.82 Å². The van der Waals surface area contributed by atoms with Crippen molar-refractivity contribution in [3.05, 3.63) is 30.1 Å². The highest BCUT2D eigenvalue weighted by atomic mass is 19.1. The van der Waals surface area contributed by atoms with Crippen molar-refractivity contribution in [3.8, 4) is 0 Å². The minimum absolute atomic E-state index is 0.00993. The number of rotatable bonds is 5. The second kappa shape index (κ2) is 5.75. The molecule has 0 fully saturated rings. The van der Waals surface area contributed by atoms with Gasteiger partial charge in [0.05, 0.1) is 0 Å². The van der Waals surface area contributed by atoms with Crippen LogP contribution in [0.15, 0.2) is 24.3 Å². The Hall–Kier alpha value is -0.905. The third kappa shape index (κ3) is 3.10. The molecule has 5 heteroatoms. The summed E-state index contributed by atoms with van der Waals surface area (Å²) >= 11 is 0. The molecule has 1 aromatic rings. The van der Waals surface area contributed by atoms with E-state index in [4.69, 9.17) is 9.76 Å². The molecular formula is C9H12BFO3. The minimum atomic E-state index is -1.26. The average Bonchev–Trinajstić information content (AvgIpc) is 2.18. The lowest BCUT2D eigenvalue weighted by molar-refractivity contribution is 0.215. The first-order valence-electron chi connectivity index (χ1n) is 4.40. The second-order valence-electron chi connectivity index (χ2n) is 2.82. The van der Waals surface area contributed by atoms with E-state index in [1.165, 1.54) is 12.1 Å². The van der Waals surface area contributed by atoms with Gasteiger partial charge in [-0.3, -0.25) is 0 Å². The fourth-order valence-electron chi connectivity index (χ4n) is 1.02. The van der Waals surface area contributed by atoms with Crippen LogP contribution in [0.2, 0.25) is 0 Å². The predicted octanol–water partition coefficient (Wildman–Crippen LogP) is -0.0878. The molecule has 14 heavy (non-hydrogen) atoms. The Morgan fingerprint density at radius 3 is 2.71 bits per heavy atom. The van der Waals surface area contributed by atoms with Crippen LogP contribution in [-0.4, -0.2) is 30.5 Å². The Morgan fingerprint density at radius 1 is 1.36 bits per heavy atom. The second-order valence-corrected chi connectivity index (χ2v) is 2.82. The van der Waals surface area contributed by atoms with Crippen molar-refractivity contribution in [3.63, 3.8) is 0 Å². The highest BCUT2D eigenvalue weighted by molar-refractivity contribution is 6.60. The third-order valence-electron chi connectivity index (χ3n) is 1.75. The van der Waals surface area contributed by atoms with E-state index in [2.05, 4.69) is 0 Å².